The first-order valence-corrected chi connectivity index (χ1v) is 8.90. The van der Waals surface area contributed by atoms with E-state index in [2.05, 4.69) is 4.98 Å². The van der Waals surface area contributed by atoms with Gasteiger partial charge in [-0.15, -0.1) is 0 Å². The van der Waals surface area contributed by atoms with Crippen molar-refractivity contribution in [3.8, 4) is 17.4 Å². The second-order valence-electron chi connectivity index (χ2n) is 6.30. The van der Waals surface area contributed by atoms with Crippen LogP contribution in [0.4, 0.5) is 10.1 Å². The summed E-state index contributed by atoms with van der Waals surface area (Å²) < 4.78 is 25.1. The molecular weight excluding hydrogens is 387 g/mol. The largest absolute Gasteiger partial charge is 0.485 e. The number of aromatic nitrogens is 1. The van der Waals surface area contributed by atoms with Crippen LogP contribution < -0.4 is 9.47 Å². The molecule has 0 radical (unpaired) electrons. The van der Waals surface area contributed by atoms with Crippen molar-refractivity contribution in [2.45, 2.75) is 18.9 Å². The number of ether oxygens (including phenoxy) is 2. The Labute approximate surface area is 164 Å². The van der Waals surface area contributed by atoms with Gasteiger partial charge in [0.2, 0.25) is 5.88 Å². The van der Waals surface area contributed by atoms with Crippen LogP contribution in [0.5, 0.6) is 17.4 Å². The number of benzene rings is 2. The number of hydrogen-bond donors (Lipinski definition) is 0. The van der Waals surface area contributed by atoms with Gasteiger partial charge in [-0.25, -0.2) is 9.37 Å². The van der Waals surface area contributed by atoms with E-state index in [4.69, 9.17) is 21.1 Å². The van der Waals surface area contributed by atoms with Crippen LogP contribution in [0.1, 0.15) is 23.7 Å². The van der Waals surface area contributed by atoms with Crippen LogP contribution in [0, 0.1) is 15.9 Å². The zero-order valence-corrected chi connectivity index (χ0v) is 15.2. The van der Waals surface area contributed by atoms with Gasteiger partial charge in [0.1, 0.15) is 29.6 Å². The Morgan fingerprint density at radius 3 is 2.79 bits per heavy atom. The fourth-order valence-electron chi connectivity index (χ4n) is 3.04. The van der Waals surface area contributed by atoms with Crippen molar-refractivity contribution in [3.63, 3.8) is 0 Å². The summed E-state index contributed by atoms with van der Waals surface area (Å²) in [6, 6.07) is 12.8. The summed E-state index contributed by atoms with van der Waals surface area (Å²) in [5, 5.41) is 10.8. The van der Waals surface area contributed by atoms with Crippen molar-refractivity contribution >= 4 is 17.3 Å². The van der Waals surface area contributed by atoms with Crippen molar-refractivity contribution in [1.82, 2.24) is 4.98 Å². The second kappa shape index (κ2) is 7.44. The first-order chi connectivity index (χ1) is 13.5. The molecule has 6 nitrogen and oxygen atoms in total. The maximum absolute atomic E-state index is 13.4. The van der Waals surface area contributed by atoms with Gasteiger partial charge in [0, 0.05) is 12.1 Å². The van der Waals surface area contributed by atoms with Crippen molar-refractivity contribution in [3.05, 3.63) is 86.8 Å². The zero-order valence-electron chi connectivity index (χ0n) is 14.5. The Balaban J connectivity index is 1.49. The predicted molar refractivity (Wildman–Crippen MR) is 101 cm³/mol. The smallest absolute Gasteiger partial charge is 0.287 e. The molecule has 4 rings (SSSR count). The average Bonchev–Trinajstić information content (AvgIpc) is 2.70. The number of nitrogens with zero attached hydrogens (tertiary/aromatic N) is 2. The number of aryl methyl sites for hydroxylation is 1. The van der Waals surface area contributed by atoms with E-state index in [1.165, 1.54) is 18.2 Å². The summed E-state index contributed by atoms with van der Waals surface area (Å²) >= 11 is 5.87. The molecule has 1 aliphatic heterocycles. The molecule has 142 valence electrons. The highest BCUT2D eigenvalue weighted by Gasteiger charge is 2.22. The summed E-state index contributed by atoms with van der Waals surface area (Å²) in [6.07, 6.45) is 2.41. The highest BCUT2D eigenvalue weighted by molar-refractivity contribution is 6.30. The molecule has 1 aromatic heterocycles. The molecule has 3 aromatic rings. The molecule has 2 heterocycles. The number of rotatable bonds is 4. The first-order valence-electron chi connectivity index (χ1n) is 8.52. The van der Waals surface area contributed by atoms with E-state index in [0.717, 1.165) is 29.5 Å². The van der Waals surface area contributed by atoms with E-state index in [-0.39, 0.29) is 22.7 Å². The van der Waals surface area contributed by atoms with Gasteiger partial charge in [-0.1, -0.05) is 17.7 Å². The minimum absolute atomic E-state index is 0.0752. The summed E-state index contributed by atoms with van der Waals surface area (Å²) in [7, 11) is 0. The van der Waals surface area contributed by atoms with Crippen LogP contribution >= 0.6 is 11.6 Å². The van der Waals surface area contributed by atoms with Gasteiger partial charge < -0.3 is 9.47 Å². The molecule has 0 bridgehead atoms. The van der Waals surface area contributed by atoms with Gasteiger partial charge in [0.15, 0.2) is 0 Å². The van der Waals surface area contributed by atoms with Crippen LogP contribution in [-0.4, -0.2) is 9.91 Å². The first kappa shape index (κ1) is 18.2. The van der Waals surface area contributed by atoms with Crippen molar-refractivity contribution in [2.75, 3.05) is 0 Å². The quantitative estimate of drug-likeness (QED) is 0.418. The molecule has 0 saturated carbocycles. The Hall–Kier alpha value is -3.19. The van der Waals surface area contributed by atoms with Crippen LogP contribution in [0.25, 0.3) is 0 Å². The van der Waals surface area contributed by atoms with Gasteiger partial charge in [0.25, 0.3) is 5.69 Å². The summed E-state index contributed by atoms with van der Waals surface area (Å²) in [5.41, 5.74) is 1.70. The number of pyridine rings is 1. The van der Waals surface area contributed by atoms with E-state index < -0.39 is 10.7 Å². The van der Waals surface area contributed by atoms with Crippen molar-refractivity contribution in [1.29, 1.82) is 0 Å². The molecule has 28 heavy (non-hydrogen) atoms. The Morgan fingerprint density at radius 2 is 2.07 bits per heavy atom. The lowest BCUT2D eigenvalue weighted by Crippen LogP contribution is -2.15. The lowest BCUT2D eigenvalue weighted by molar-refractivity contribution is -0.385. The number of halogens is 2. The maximum atomic E-state index is 13.4. The third-order valence-corrected chi connectivity index (χ3v) is 4.74. The third-order valence-electron chi connectivity index (χ3n) is 4.45. The van der Waals surface area contributed by atoms with E-state index in [0.29, 0.717) is 12.2 Å². The molecule has 0 aliphatic carbocycles. The molecule has 1 aliphatic rings. The number of nitro groups is 1. The lowest BCUT2D eigenvalue weighted by atomic mass is 9.97. The van der Waals surface area contributed by atoms with Gasteiger partial charge in [-0.05, 0) is 54.3 Å². The van der Waals surface area contributed by atoms with Gasteiger partial charge in [-0.3, -0.25) is 10.1 Å². The summed E-state index contributed by atoms with van der Waals surface area (Å²) in [6.45, 7) is 0. The number of hydrogen-bond acceptors (Lipinski definition) is 5. The van der Waals surface area contributed by atoms with E-state index in [1.54, 1.807) is 24.3 Å². The minimum atomic E-state index is -0.516. The summed E-state index contributed by atoms with van der Waals surface area (Å²) in [4.78, 5) is 14.1. The molecule has 0 fully saturated rings. The van der Waals surface area contributed by atoms with E-state index in [1.807, 2.05) is 6.07 Å². The van der Waals surface area contributed by atoms with Crippen LogP contribution in [-0.2, 0) is 6.42 Å². The highest BCUT2D eigenvalue weighted by Crippen LogP contribution is 2.38. The zero-order chi connectivity index (χ0) is 19.7. The van der Waals surface area contributed by atoms with Crippen LogP contribution in [0.15, 0.2) is 54.7 Å². The SMILES string of the molecule is O=[N+]([O-])c1ccc(Oc2ccc3c(c2)CCC(c2ccc(F)c(Cl)c2)O3)nc1. The highest BCUT2D eigenvalue weighted by atomic mass is 35.5. The Morgan fingerprint density at radius 1 is 1.21 bits per heavy atom. The average molecular weight is 401 g/mol. The van der Waals surface area contributed by atoms with Crippen LogP contribution in [0.2, 0.25) is 5.02 Å². The molecule has 1 unspecified atom stereocenters. The number of fused-ring (bicyclic) bond motifs is 1. The van der Waals surface area contributed by atoms with Gasteiger partial charge in [-0.2, -0.15) is 0 Å². The molecule has 0 N–H and O–H groups in total. The fourth-order valence-corrected chi connectivity index (χ4v) is 3.23. The molecule has 0 spiro atoms. The molecule has 2 aromatic carbocycles. The molecule has 1 atom stereocenters. The lowest BCUT2D eigenvalue weighted by Gasteiger charge is -2.27. The third kappa shape index (κ3) is 3.75. The van der Waals surface area contributed by atoms with Gasteiger partial charge >= 0.3 is 0 Å². The second-order valence-corrected chi connectivity index (χ2v) is 6.71. The van der Waals surface area contributed by atoms with E-state index in [9.17, 15) is 14.5 Å². The normalized spacial score (nSPS) is 15.4. The fraction of sp³-hybridized carbons (Fsp3) is 0.150. The minimum Gasteiger partial charge on any atom is -0.485 e. The molecule has 8 heteroatoms. The standard InChI is InChI=1S/C20H14ClFN2O4/c21-16-10-13(1-5-17(16)22)18-6-2-12-9-15(4-7-19(12)28-18)27-20-8-3-14(11-23-20)24(25)26/h1,3-5,7-11,18H,2,6H2. The van der Waals surface area contributed by atoms with Gasteiger partial charge in [0.05, 0.1) is 9.95 Å². The summed E-state index contributed by atoms with van der Waals surface area (Å²) in [5.74, 6) is 1.09. The molecular formula is C20H14ClFN2O4. The Kier molecular flexibility index (Phi) is 4.83. The van der Waals surface area contributed by atoms with Crippen molar-refractivity contribution < 1.29 is 18.8 Å². The molecule has 0 saturated heterocycles. The van der Waals surface area contributed by atoms with Crippen LogP contribution in [0.3, 0.4) is 0 Å². The molecule has 0 amide bonds. The monoisotopic (exact) mass is 400 g/mol. The topological polar surface area (TPSA) is 74.5 Å². The Bertz CT molecular complexity index is 1040. The maximum Gasteiger partial charge on any atom is 0.287 e. The van der Waals surface area contributed by atoms with Crippen molar-refractivity contribution in [2.24, 2.45) is 0 Å². The van der Waals surface area contributed by atoms with E-state index >= 15 is 0 Å². The predicted octanol–water partition coefficient (Wildman–Crippen LogP) is 5.64.